The molecular weight excluding hydrogens is 292 g/mol. The van der Waals surface area contributed by atoms with Gasteiger partial charge in [0.05, 0.1) is 12.6 Å². The summed E-state index contributed by atoms with van der Waals surface area (Å²) in [5.74, 6) is 0. The summed E-state index contributed by atoms with van der Waals surface area (Å²) in [6, 6.07) is 10.0. The Morgan fingerprint density at radius 3 is 2.48 bits per heavy atom. The van der Waals surface area contributed by atoms with Gasteiger partial charge in [-0.25, -0.2) is 4.79 Å². The van der Waals surface area contributed by atoms with Crippen molar-refractivity contribution < 1.29 is 9.53 Å². The third-order valence-corrected chi connectivity index (χ3v) is 4.34. The van der Waals surface area contributed by atoms with Crippen LogP contribution in [0.2, 0.25) is 0 Å². The van der Waals surface area contributed by atoms with E-state index in [0.717, 1.165) is 37.3 Å². The summed E-state index contributed by atoms with van der Waals surface area (Å²) in [4.78, 5) is 15.7. The second-order valence-corrected chi connectivity index (χ2v) is 5.79. The van der Waals surface area contributed by atoms with E-state index in [2.05, 4.69) is 11.0 Å². The Bertz CT molecular complexity index is 638. The van der Waals surface area contributed by atoms with Crippen molar-refractivity contribution in [3.05, 3.63) is 35.9 Å². The maximum Gasteiger partial charge on any atom is 0.414 e. The van der Waals surface area contributed by atoms with Crippen LogP contribution in [-0.4, -0.2) is 38.4 Å². The van der Waals surface area contributed by atoms with E-state index >= 15 is 0 Å². The lowest BCUT2D eigenvalue weighted by Crippen LogP contribution is -2.30. The van der Waals surface area contributed by atoms with E-state index < -0.39 is 0 Å². The van der Waals surface area contributed by atoms with E-state index in [-0.39, 0.29) is 12.2 Å². The molecule has 0 aromatic heterocycles. The highest BCUT2D eigenvalue weighted by Gasteiger charge is 2.31. The van der Waals surface area contributed by atoms with E-state index in [1.807, 2.05) is 24.3 Å². The predicted octanol–water partition coefficient (Wildman–Crippen LogP) is 2.02. The number of amides is 1. The summed E-state index contributed by atoms with van der Waals surface area (Å²) >= 11 is 0. The summed E-state index contributed by atoms with van der Waals surface area (Å²) in [5, 5.41) is 8.70. The average molecular weight is 312 g/mol. The molecule has 1 aromatic rings. The molecule has 0 aliphatic carbocycles. The number of allylic oxidation sites excluding steroid dienone is 1. The van der Waals surface area contributed by atoms with Crippen LogP contribution >= 0.6 is 0 Å². The molecule has 2 aliphatic rings. The Balaban J connectivity index is 1.65. The van der Waals surface area contributed by atoms with Crippen molar-refractivity contribution in [3.63, 3.8) is 0 Å². The van der Waals surface area contributed by atoms with E-state index in [4.69, 9.17) is 15.7 Å². The molecule has 3 rings (SSSR count). The molecule has 1 amide bonds. The summed E-state index contributed by atoms with van der Waals surface area (Å²) in [7, 11) is 0. The zero-order chi connectivity index (χ0) is 16.2. The SMILES string of the molecule is N#CC=C1CCN(c2ccc(N3C[C@H](CN)OC3=O)cc2)CC1. The molecule has 0 saturated carbocycles. The Kier molecular flexibility index (Phi) is 4.49. The topological polar surface area (TPSA) is 82.6 Å². The molecule has 6 nitrogen and oxygen atoms in total. The number of anilines is 2. The molecule has 0 spiro atoms. The molecule has 2 saturated heterocycles. The number of nitriles is 1. The Labute approximate surface area is 135 Å². The molecule has 2 N–H and O–H groups in total. The standard InChI is InChI=1S/C17H20N4O2/c18-8-5-13-6-9-20(10-7-13)14-1-3-15(4-2-14)21-12-16(11-19)23-17(21)22/h1-5,16H,6-7,9-12,19H2/t16-/m0/s1. The monoisotopic (exact) mass is 312 g/mol. The number of nitrogens with zero attached hydrogens (tertiary/aromatic N) is 3. The number of cyclic esters (lactones) is 1. The van der Waals surface area contributed by atoms with E-state index in [1.165, 1.54) is 5.57 Å². The molecule has 6 heteroatoms. The van der Waals surface area contributed by atoms with Gasteiger partial charge < -0.3 is 15.4 Å². The van der Waals surface area contributed by atoms with Gasteiger partial charge in [-0.15, -0.1) is 0 Å². The van der Waals surface area contributed by atoms with Gasteiger partial charge >= 0.3 is 6.09 Å². The number of hydrogen-bond donors (Lipinski definition) is 1. The normalized spacial score (nSPS) is 21.1. The zero-order valence-electron chi connectivity index (χ0n) is 12.9. The van der Waals surface area contributed by atoms with Crippen LogP contribution in [0.25, 0.3) is 0 Å². The van der Waals surface area contributed by atoms with Gasteiger partial charge in [-0.2, -0.15) is 5.26 Å². The molecular formula is C17H20N4O2. The van der Waals surface area contributed by atoms with E-state index in [1.54, 1.807) is 11.0 Å². The third kappa shape index (κ3) is 3.30. The Hall–Kier alpha value is -2.52. The predicted molar refractivity (Wildman–Crippen MR) is 88.3 cm³/mol. The molecule has 1 aromatic carbocycles. The smallest absolute Gasteiger partial charge is 0.414 e. The maximum absolute atomic E-state index is 11.8. The fraction of sp³-hybridized carbons (Fsp3) is 0.412. The first-order valence-corrected chi connectivity index (χ1v) is 7.82. The maximum atomic E-state index is 11.8. The van der Waals surface area contributed by atoms with Gasteiger partial charge in [0, 0.05) is 37.1 Å². The fourth-order valence-electron chi connectivity index (χ4n) is 2.99. The van der Waals surface area contributed by atoms with Crippen molar-refractivity contribution in [3.8, 4) is 6.07 Å². The van der Waals surface area contributed by atoms with Gasteiger partial charge in [-0.3, -0.25) is 4.90 Å². The molecule has 23 heavy (non-hydrogen) atoms. The minimum atomic E-state index is -0.336. The highest BCUT2D eigenvalue weighted by molar-refractivity contribution is 5.90. The molecule has 2 heterocycles. The lowest BCUT2D eigenvalue weighted by molar-refractivity contribution is 0.145. The van der Waals surface area contributed by atoms with E-state index in [0.29, 0.717) is 13.1 Å². The average Bonchev–Trinajstić information content (AvgIpc) is 2.97. The molecule has 0 radical (unpaired) electrons. The highest BCUT2D eigenvalue weighted by Crippen LogP contribution is 2.27. The van der Waals surface area contributed by atoms with Gasteiger partial charge in [-0.1, -0.05) is 5.57 Å². The van der Waals surface area contributed by atoms with Gasteiger partial charge in [0.15, 0.2) is 0 Å². The van der Waals surface area contributed by atoms with Crippen LogP contribution < -0.4 is 15.5 Å². The van der Waals surface area contributed by atoms with Gasteiger partial charge in [0.25, 0.3) is 0 Å². The van der Waals surface area contributed by atoms with Gasteiger partial charge in [-0.05, 0) is 37.1 Å². The van der Waals surface area contributed by atoms with E-state index in [9.17, 15) is 4.79 Å². The Morgan fingerprint density at radius 1 is 1.26 bits per heavy atom. The summed E-state index contributed by atoms with van der Waals surface area (Å²) in [5.41, 5.74) is 8.73. The summed E-state index contributed by atoms with van der Waals surface area (Å²) < 4.78 is 5.18. The van der Waals surface area contributed by atoms with Crippen LogP contribution in [0, 0.1) is 11.3 Å². The lowest BCUT2D eigenvalue weighted by Gasteiger charge is -2.30. The van der Waals surface area contributed by atoms with Gasteiger partial charge in [0.2, 0.25) is 0 Å². The first-order chi connectivity index (χ1) is 11.2. The van der Waals surface area contributed by atoms with Crippen molar-refractivity contribution in [2.24, 2.45) is 5.73 Å². The zero-order valence-corrected chi connectivity index (χ0v) is 12.9. The fourth-order valence-corrected chi connectivity index (χ4v) is 2.99. The summed E-state index contributed by atoms with van der Waals surface area (Å²) in [6.45, 7) is 2.66. The summed E-state index contributed by atoms with van der Waals surface area (Å²) in [6.07, 6.45) is 2.94. The number of nitrogens with two attached hydrogens (primary N) is 1. The van der Waals surface area contributed by atoms with Crippen LogP contribution in [0.15, 0.2) is 35.9 Å². The minimum absolute atomic E-state index is 0.227. The highest BCUT2D eigenvalue weighted by atomic mass is 16.6. The molecule has 0 bridgehead atoms. The van der Waals surface area contributed by atoms with Gasteiger partial charge in [0.1, 0.15) is 6.10 Å². The second-order valence-electron chi connectivity index (χ2n) is 5.79. The third-order valence-electron chi connectivity index (χ3n) is 4.34. The molecule has 120 valence electrons. The molecule has 1 atom stereocenters. The molecule has 2 fully saturated rings. The van der Waals surface area contributed by atoms with Crippen molar-refractivity contribution in [2.45, 2.75) is 18.9 Å². The van der Waals surface area contributed by atoms with Crippen LogP contribution in [0.1, 0.15) is 12.8 Å². The number of ether oxygens (including phenoxy) is 1. The Morgan fingerprint density at radius 2 is 1.91 bits per heavy atom. The molecule has 0 unspecified atom stereocenters. The number of carbonyl (C=O) groups is 1. The van der Waals surface area contributed by atoms with Crippen molar-refractivity contribution >= 4 is 17.5 Å². The van der Waals surface area contributed by atoms with Crippen molar-refractivity contribution in [1.82, 2.24) is 0 Å². The van der Waals surface area contributed by atoms with Crippen LogP contribution in [-0.2, 0) is 4.74 Å². The number of carbonyl (C=O) groups excluding carboxylic acids is 1. The number of piperidine rings is 1. The lowest BCUT2D eigenvalue weighted by atomic mass is 10.0. The van der Waals surface area contributed by atoms with Crippen molar-refractivity contribution in [1.29, 1.82) is 5.26 Å². The van der Waals surface area contributed by atoms with Crippen LogP contribution in [0.4, 0.5) is 16.2 Å². The molecule has 2 aliphatic heterocycles. The largest absolute Gasteiger partial charge is 0.443 e. The number of benzene rings is 1. The van der Waals surface area contributed by atoms with Crippen molar-refractivity contribution in [2.75, 3.05) is 36.0 Å². The minimum Gasteiger partial charge on any atom is -0.443 e. The second kappa shape index (κ2) is 6.71. The van der Waals surface area contributed by atoms with Crippen LogP contribution in [0.3, 0.4) is 0 Å². The number of hydrogen-bond acceptors (Lipinski definition) is 5. The first-order valence-electron chi connectivity index (χ1n) is 7.82. The quantitative estimate of drug-likeness (QED) is 0.863. The number of rotatable bonds is 3. The van der Waals surface area contributed by atoms with Crippen LogP contribution in [0.5, 0.6) is 0 Å². The first kappa shape index (κ1) is 15.4.